The summed E-state index contributed by atoms with van der Waals surface area (Å²) in [5.41, 5.74) is 0. The first-order valence-corrected chi connectivity index (χ1v) is 6.88. The first-order chi connectivity index (χ1) is 6.90. The second-order valence-corrected chi connectivity index (χ2v) is 5.66. The fourth-order valence-corrected chi connectivity index (χ4v) is 1.80. The van der Waals surface area contributed by atoms with Crippen LogP contribution in [0, 0.1) is 17.8 Å². The number of alkyl halides is 1. The molecule has 0 aromatic carbocycles. The van der Waals surface area contributed by atoms with Crippen LogP contribution in [-0.4, -0.2) is 17.3 Å². The van der Waals surface area contributed by atoms with Gasteiger partial charge in [0.15, 0.2) is 0 Å². The van der Waals surface area contributed by atoms with Crippen LogP contribution in [0.5, 0.6) is 0 Å². The lowest BCUT2D eigenvalue weighted by atomic mass is 9.95. The quantitative estimate of drug-likeness (QED) is 0.743. The number of hydrogen-bond acceptors (Lipinski definition) is 1. The molecule has 0 aliphatic rings. The lowest BCUT2D eigenvalue weighted by molar-refractivity contribution is -0.126. The Bertz CT molecular complexity index is 192. The normalized spacial score (nSPS) is 15.5. The molecule has 0 fully saturated rings. The Morgan fingerprint density at radius 1 is 1.13 bits per heavy atom. The van der Waals surface area contributed by atoms with E-state index in [4.69, 9.17) is 0 Å². The first-order valence-electron chi connectivity index (χ1n) is 5.76. The van der Waals surface area contributed by atoms with Crippen molar-refractivity contribution in [3.05, 3.63) is 0 Å². The lowest BCUT2D eigenvalue weighted by Gasteiger charge is -2.24. The highest BCUT2D eigenvalue weighted by Gasteiger charge is 2.21. The molecule has 90 valence electrons. The van der Waals surface area contributed by atoms with Crippen LogP contribution in [0.1, 0.15) is 41.0 Å². The molecule has 2 atom stereocenters. The van der Waals surface area contributed by atoms with Crippen LogP contribution in [0.25, 0.3) is 0 Å². The van der Waals surface area contributed by atoms with Gasteiger partial charge in [0.2, 0.25) is 5.91 Å². The molecule has 2 unspecified atom stereocenters. The molecule has 1 amide bonds. The molecule has 0 aliphatic heterocycles. The number of halogens is 1. The molecule has 1 N–H and O–H groups in total. The van der Waals surface area contributed by atoms with Crippen LogP contribution in [0.2, 0.25) is 0 Å². The van der Waals surface area contributed by atoms with Gasteiger partial charge in [-0.1, -0.05) is 50.5 Å². The largest absolute Gasteiger partial charge is 0.353 e. The predicted molar refractivity (Wildman–Crippen MR) is 69.2 cm³/mol. The zero-order valence-electron chi connectivity index (χ0n) is 10.5. The summed E-state index contributed by atoms with van der Waals surface area (Å²) in [6.45, 7) is 10.4. The molecule has 0 saturated heterocycles. The number of rotatable bonds is 6. The maximum atomic E-state index is 11.8. The van der Waals surface area contributed by atoms with Crippen molar-refractivity contribution in [1.29, 1.82) is 0 Å². The molecule has 0 aromatic heterocycles. The van der Waals surface area contributed by atoms with Gasteiger partial charge in [0.05, 0.1) is 0 Å². The third-order valence-corrected chi connectivity index (χ3v) is 3.42. The van der Waals surface area contributed by atoms with Crippen molar-refractivity contribution < 1.29 is 4.79 Å². The van der Waals surface area contributed by atoms with Gasteiger partial charge < -0.3 is 5.32 Å². The van der Waals surface area contributed by atoms with E-state index in [1.807, 2.05) is 6.92 Å². The Hall–Kier alpha value is -0.0500. The average molecular weight is 278 g/mol. The zero-order chi connectivity index (χ0) is 12.0. The van der Waals surface area contributed by atoms with Crippen LogP contribution in [0.4, 0.5) is 0 Å². The van der Waals surface area contributed by atoms with E-state index in [1.165, 1.54) is 0 Å². The highest BCUT2D eigenvalue weighted by Crippen LogP contribution is 2.13. The van der Waals surface area contributed by atoms with Crippen LogP contribution in [-0.2, 0) is 4.79 Å². The van der Waals surface area contributed by atoms with Crippen molar-refractivity contribution in [1.82, 2.24) is 5.32 Å². The van der Waals surface area contributed by atoms with Crippen LogP contribution >= 0.6 is 15.9 Å². The molecule has 0 heterocycles. The second kappa shape index (κ2) is 7.26. The molecule has 2 nitrogen and oxygen atoms in total. The standard InChI is InChI=1S/C12H24BrNO/c1-8(2)10(5)12(15)14-11(6-7-13)9(3)4/h8-11H,6-7H2,1-5H3,(H,14,15). The summed E-state index contributed by atoms with van der Waals surface area (Å²) in [5.74, 6) is 1.18. The minimum atomic E-state index is 0.0987. The minimum Gasteiger partial charge on any atom is -0.353 e. The number of hydrogen-bond donors (Lipinski definition) is 1. The van der Waals surface area contributed by atoms with E-state index in [9.17, 15) is 4.79 Å². The maximum Gasteiger partial charge on any atom is 0.223 e. The van der Waals surface area contributed by atoms with E-state index < -0.39 is 0 Å². The highest BCUT2D eigenvalue weighted by atomic mass is 79.9. The van der Waals surface area contributed by atoms with E-state index in [0.29, 0.717) is 11.8 Å². The van der Waals surface area contributed by atoms with E-state index in [-0.39, 0.29) is 17.9 Å². The fourth-order valence-electron chi connectivity index (χ4n) is 1.31. The van der Waals surface area contributed by atoms with Crippen LogP contribution in [0.3, 0.4) is 0 Å². The molecule has 0 radical (unpaired) electrons. The first kappa shape index (κ1) is 14.9. The van der Waals surface area contributed by atoms with E-state index in [2.05, 4.69) is 48.9 Å². The van der Waals surface area contributed by atoms with Crippen molar-refractivity contribution in [3.8, 4) is 0 Å². The van der Waals surface area contributed by atoms with E-state index in [1.54, 1.807) is 0 Å². The molecule has 0 saturated carbocycles. The summed E-state index contributed by atoms with van der Waals surface area (Å²) in [6, 6.07) is 0.290. The molecule has 0 aromatic rings. The van der Waals surface area contributed by atoms with Gasteiger partial charge in [-0.15, -0.1) is 0 Å². The van der Waals surface area contributed by atoms with Gasteiger partial charge in [0, 0.05) is 17.3 Å². The smallest absolute Gasteiger partial charge is 0.223 e. The number of carbonyl (C=O) groups excluding carboxylic acids is 1. The average Bonchev–Trinajstić information content (AvgIpc) is 2.15. The van der Waals surface area contributed by atoms with Gasteiger partial charge in [-0.25, -0.2) is 0 Å². The van der Waals surface area contributed by atoms with Crippen LogP contribution < -0.4 is 5.32 Å². The summed E-state index contributed by atoms with van der Waals surface area (Å²) < 4.78 is 0. The Labute approximate surface area is 102 Å². The molecule has 0 aliphatic carbocycles. The minimum absolute atomic E-state index is 0.0987. The van der Waals surface area contributed by atoms with Crippen molar-refractivity contribution in [2.75, 3.05) is 5.33 Å². The summed E-state index contributed by atoms with van der Waals surface area (Å²) in [5, 5.41) is 4.07. The fraction of sp³-hybridized carbons (Fsp3) is 0.917. The molecular weight excluding hydrogens is 254 g/mol. The molecule has 15 heavy (non-hydrogen) atoms. The zero-order valence-corrected chi connectivity index (χ0v) is 12.1. The van der Waals surface area contributed by atoms with Gasteiger partial charge in [0.1, 0.15) is 0 Å². The summed E-state index contributed by atoms with van der Waals surface area (Å²) >= 11 is 3.42. The second-order valence-electron chi connectivity index (χ2n) is 4.87. The monoisotopic (exact) mass is 277 g/mol. The predicted octanol–water partition coefficient (Wildman–Crippen LogP) is 3.20. The molecular formula is C12H24BrNO. The summed E-state index contributed by atoms with van der Waals surface area (Å²) in [7, 11) is 0. The lowest BCUT2D eigenvalue weighted by Crippen LogP contribution is -2.42. The third-order valence-electron chi connectivity index (χ3n) is 2.97. The Morgan fingerprint density at radius 2 is 1.67 bits per heavy atom. The van der Waals surface area contributed by atoms with Crippen molar-refractivity contribution >= 4 is 21.8 Å². The van der Waals surface area contributed by atoms with Gasteiger partial charge >= 0.3 is 0 Å². The van der Waals surface area contributed by atoms with Gasteiger partial charge in [-0.3, -0.25) is 4.79 Å². The number of nitrogens with one attached hydrogen (secondary N) is 1. The van der Waals surface area contributed by atoms with Crippen molar-refractivity contribution in [3.63, 3.8) is 0 Å². The third kappa shape index (κ3) is 5.55. The number of amides is 1. The van der Waals surface area contributed by atoms with Crippen molar-refractivity contribution in [2.45, 2.75) is 47.1 Å². The topological polar surface area (TPSA) is 29.1 Å². The van der Waals surface area contributed by atoms with Crippen LogP contribution in [0.15, 0.2) is 0 Å². The van der Waals surface area contributed by atoms with Crippen molar-refractivity contribution in [2.24, 2.45) is 17.8 Å². The Balaban J connectivity index is 4.22. The molecule has 0 rings (SSSR count). The summed E-state index contributed by atoms with van der Waals surface area (Å²) in [4.78, 5) is 11.8. The Morgan fingerprint density at radius 3 is 2.00 bits per heavy atom. The maximum absolute atomic E-state index is 11.8. The highest BCUT2D eigenvalue weighted by molar-refractivity contribution is 9.09. The van der Waals surface area contributed by atoms with E-state index >= 15 is 0 Å². The SMILES string of the molecule is CC(C)C(CCBr)NC(=O)C(C)C(C)C. The molecule has 0 spiro atoms. The molecule has 3 heteroatoms. The van der Waals surface area contributed by atoms with Gasteiger partial charge in [-0.2, -0.15) is 0 Å². The number of carbonyl (C=O) groups is 1. The summed E-state index contributed by atoms with van der Waals surface area (Å²) in [6.07, 6.45) is 0.994. The van der Waals surface area contributed by atoms with Gasteiger partial charge in [0.25, 0.3) is 0 Å². The van der Waals surface area contributed by atoms with E-state index in [0.717, 1.165) is 11.8 Å². The van der Waals surface area contributed by atoms with Gasteiger partial charge in [-0.05, 0) is 18.3 Å². The Kier molecular flexibility index (Phi) is 7.24. The molecule has 0 bridgehead atoms.